The Morgan fingerprint density at radius 3 is 3.05 bits per heavy atom. The smallest absolute Gasteiger partial charge is 0.229 e. The van der Waals surface area contributed by atoms with Crippen LogP contribution in [0.3, 0.4) is 0 Å². The van der Waals surface area contributed by atoms with Gasteiger partial charge in [-0.1, -0.05) is 0 Å². The van der Waals surface area contributed by atoms with Crippen LogP contribution in [0.2, 0.25) is 0 Å². The van der Waals surface area contributed by atoms with E-state index in [1.54, 1.807) is 17.2 Å². The molecule has 21 heavy (non-hydrogen) atoms. The monoisotopic (exact) mass is 282 g/mol. The van der Waals surface area contributed by atoms with Crippen LogP contribution in [0.15, 0.2) is 18.7 Å². The molecule has 1 aliphatic heterocycles. The highest BCUT2D eigenvalue weighted by Crippen LogP contribution is 2.24. The van der Waals surface area contributed by atoms with Crippen molar-refractivity contribution in [3.8, 4) is 0 Å². The molecule has 106 valence electrons. The van der Waals surface area contributed by atoms with Crippen LogP contribution in [0.1, 0.15) is 11.3 Å². The first-order chi connectivity index (χ1) is 10.2. The van der Waals surface area contributed by atoms with Gasteiger partial charge in [0.15, 0.2) is 5.65 Å². The molecule has 0 radical (unpaired) electrons. The minimum absolute atomic E-state index is 0.457. The maximum Gasteiger partial charge on any atom is 0.229 e. The van der Waals surface area contributed by atoms with Gasteiger partial charge in [0.2, 0.25) is 5.95 Å². The summed E-state index contributed by atoms with van der Waals surface area (Å²) in [5.41, 5.74) is 8.96. The molecule has 1 aliphatic rings. The van der Waals surface area contributed by atoms with E-state index in [-0.39, 0.29) is 0 Å². The second kappa shape index (κ2) is 4.37. The molecule has 0 aromatic carbocycles. The fourth-order valence-electron chi connectivity index (χ4n) is 2.61. The SMILES string of the molecule is Cn1ncc2c(N)nc(N3CCc4ncncc4C3)nc21. The molecule has 4 rings (SSSR count). The van der Waals surface area contributed by atoms with E-state index in [1.807, 2.05) is 13.2 Å². The summed E-state index contributed by atoms with van der Waals surface area (Å²) >= 11 is 0. The minimum Gasteiger partial charge on any atom is -0.383 e. The first kappa shape index (κ1) is 12.0. The number of nitrogens with zero attached hydrogens (tertiary/aromatic N) is 7. The zero-order chi connectivity index (χ0) is 14.4. The van der Waals surface area contributed by atoms with E-state index in [0.717, 1.165) is 35.3 Å². The summed E-state index contributed by atoms with van der Waals surface area (Å²) in [6, 6.07) is 0. The molecule has 2 N–H and O–H groups in total. The zero-order valence-corrected chi connectivity index (χ0v) is 11.6. The van der Waals surface area contributed by atoms with Crippen molar-refractivity contribution < 1.29 is 0 Å². The van der Waals surface area contributed by atoms with Crippen molar-refractivity contribution in [3.63, 3.8) is 0 Å². The summed E-state index contributed by atoms with van der Waals surface area (Å²) in [6.07, 6.45) is 5.98. The molecule has 0 fully saturated rings. The number of fused-ring (bicyclic) bond motifs is 2. The lowest BCUT2D eigenvalue weighted by Crippen LogP contribution is -2.32. The van der Waals surface area contributed by atoms with Crippen molar-refractivity contribution in [2.24, 2.45) is 7.05 Å². The lowest BCUT2D eigenvalue weighted by molar-refractivity contribution is 0.685. The van der Waals surface area contributed by atoms with Crippen LogP contribution in [0, 0.1) is 0 Å². The van der Waals surface area contributed by atoms with E-state index in [9.17, 15) is 0 Å². The first-order valence-corrected chi connectivity index (χ1v) is 6.70. The number of nitrogens with two attached hydrogens (primary N) is 1. The third-order valence-corrected chi connectivity index (χ3v) is 3.75. The predicted molar refractivity (Wildman–Crippen MR) is 77.5 cm³/mol. The van der Waals surface area contributed by atoms with Crippen molar-refractivity contribution in [2.45, 2.75) is 13.0 Å². The van der Waals surface area contributed by atoms with Crippen molar-refractivity contribution in [1.29, 1.82) is 0 Å². The Hall–Kier alpha value is -2.77. The van der Waals surface area contributed by atoms with E-state index >= 15 is 0 Å². The zero-order valence-electron chi connectivity index (χ0n) is 11.6. The first-order valence-electron chi connectivity index (χ1n) is 6.70. The van der Waals surface area contributed by atoms with E-state index < -0.39 is 0 Å². The van der Waals surface area contributed by atoms with Gasteiger partial charge in [-0.3, -0.25) is 4.68 Å². The molecule has 8 nitrogen and oxygen atoms in total. The van der Waals surface area contributed by atoms with Crippen LogP contribution in [-0.2, 0) is 20.0 Å². The summed E-state index contributed by atoms with van der Waals surface area (Å²) in [6.45, 7) is 1.51. The van der Waals surface area contributed by atoms with Crippen molar-refractivity contribution in [2.75, 3.05) is 17.2 Å². The van der Waals surface area contributed by atoms with Gasteiger partial charge in [-0.15, -0.1) is 0 Å². The highest BCUT2D eigenvalue weighted by Gasteiger charge is 2.21. The second-order valence-corrected chi connectivity index (χ2v) is 5.08. The molecule has 0 saturated heterocycles. The number of aromatic nitrogens is 6. The van der Waals surface area contributed by atoms with Crippen LogP contribution >= 0.6 is 0 Å². The molecule has 0 bridgehead atoms. The summed E-state index contributed by atoms with van der Waals surface area (Å²) in [4.78, 5) is 19.5. The lowest BCUT2D eigenvalue weighted by atomic mass is 10.1. The summed E-state index contributed by atoms with van der Waals surface area (Å²) in [5, 5.41) is 4.95. The average molecular weight is 282 g/mol. The van der Waals surface area contributed by atoms with Crippen LogP contribution in [-0.4, -0.2) is 36.3 Å². The van der Waals surface area contributed by atoms with Gasteiger partial charge in [0.25, 0.3) is 0 Å². The van der Waals surface area contributed by atoms with Gasteiger partial charge in [-0.2, -0.15) is 15.1 Å². The minimum atomic E-state index is 0.457. The molecule has 0 amide bonds. The maximum atomic E-state index is 6.02. The van der Waals surface area contributed by atoms with Gasteiger partial charge in [0, 0.05) is 38.3 Å². The standard InChI is InChI=1S/C13H14N8/c1-20-12-9(5-17-20)11(14)18-13(19-12)21-3-2-10-8(6-21)4-15-7-16-10/h4-5,7H,2-3,6H2,1H3,(H2,14,18,19). The van der Waals surface area contributed by atoms with Crippen LogP contribution in [0.5, 0.6) is 0 Å². The summed E-state index contributed by atoms with van der Waals surface area (Å²) < 4.78 is 1.71. The Morgan fingerprint density at radius 1 is 1.24 bits per heavy atom. The normalized spacial score (nSPS) is 14.4. The Labute approximate surface area is 120 Å². The van der Waals surface area contributed by atoms with E-state index in [1.165, 1.54) is 0 Å². The molecule has 4 heterocycles. The van der Waals surface area contributed by atoms with Gasteiger partial charge in [-0.25, -0.2) is 9.97 Å². The average Bonchev–Trinajstić information content (AvgIpc) is 2.89. The quantitative estimate of drug-likeness (QED) is 0.685. The molecule has 3 aromatic heterocycles. The Morgan fingerprint density at radius 2 is 2.14 bits per heavy atom. The molecule has 8 heteroatoms. The Balaban J connectivity index is 1.76. The number of nitrogen functional groups attached to an aromatic ring is 1. The summed E-state index contributed by atoms with van der Waals surface area (Å²) in [5.74, 6) is 1.08. The fraction of sp³-hybridized carbons (Fsp3) is 0.308. The third kappa shape index (κ3) is 1.87. The van der Waals surface area contributed by atoms with E-state index in [2.05, 4.69) is 29.9 Å². The van der Waals surface area contributed by atoms with Gasteiger partial charge in [-0.05, 0) is 0 Å². The highest BCUT2D eigenvalue weighted by molar-refractivity contribution is 5.86. The molecular weight excluding hydrogens is 268 g/mol. The van der Waals surface area contributed by atoms with E-state index in [4.69, 9.17) is 5.73 Å². The summed E-state index contributed by atoms with van der Waals surface area (Å²) in [7, 11) is 1.85. The topological polar surface area (TPSA) is 98.6 Å². The fourth-order valence-corrected chi connectivity index (χ4v) is 2.61. The molecule has 0 unspecified atom stereocenters. The Kier molecular flexibility index (Phi) is 2.50. The third-order valence-electron chi connectivity index (χ3n) is 3.75. The number of hydrogen-bond acceptors (Lipinski definition) is 7. The van der Waals surface area contributed by atoms with Crippen molar-refractivity contribution >= 4 is 22.8 Å². The van der Waals surface area contributed by atoms with Crippen LogP contribution in [0.25, 0.3) is 11.0 Å². The number of rotatable bonds is 1. The van der Waals surface area contributed by atoms with Crippen LogP contribution in [0.4, 0.5) is 11.8 Å². The van der Waals surface area contributed by atoms with Gasteiger partial charge < -0.3 is 10.6 Å². The van der Waals surface area contributed by atoms with Gasteiger partial charge in [0.05, 0.1) is 17.3 Å². The number of hydrogen-bond donors (Lipinski definition) is 1. The van der Waals surface area contributed by atoms with Gasteiger partial charge >= 0.3 is 0 Å². The van der Waals surface area contributed by atoms with Crippen molar-refractivity contribution in [3.05, 3.63) is 30.0 Å². The predicted octanol–water partition coefficient (Wildman–Crippen LogP) is 0.298. The molecule has 0 aliphatic carbocycles. The molecule has 0 atom stereocenters. The number of aryl methyl sites for hydroxylation is 1. The van der Waals surface area contributed by atoms with Gasteiger partial charge in [0.1, 0.15) is 12.1 Å². The number of anilines is 2. The molecule has 0 spiro atoms. The second-order valence-electron chi connectivity index (χ2n) is 5.08. The lowest BCUT2D eigenvalue weighted by Gasteiger charge is -2.27. The van der Waals surface area contributed by atoms with Crippen molar-refractivity contribution in [1.82, 2.24) is 29.7 Å². The largest absolute Gasteiger partial charge is 0.383 e. The Bertz CT molecular complexity index is 824. The van der Waals surface area contributed by atoms with E-state index in [0.29, 0.717) is 18.3 Å². The molecule has 3 aromatic rings. The molecular formula is C13H14N8. The van der Waals surface area contributed by atoms with Crippen LogP contribution < -0.4 is 10.6 Å². The maximum absolute atomic E-state index is 6.02. The molecule has 0 saturated carbocycles. The highest BCUT2D eigenvalue weighted by atomic mass is 15.3.